The van der Waals surface area contributed by atoms with Crippen LogP contribution in [0.3, 0.4) is 0 Å². The van der Waals surface area contributed by atoms with Gasteiger partial charge >= 0.3 is 0 Å². The first-order valence-electron chi connectivity index (χ1n) is 6.60. The van der Waals surface area contributed by atoms with Crippen molar-refractivity contribution >= 4 is 11.6 Å². The van der Waals surface area contributed by atoms with E-state index in [1.807, 2.05) is 12.1 Å². The van der Waals surface area contributed by atoms with Crippen LogP contribution in [0.4, 0.5) is 5.69 Å². The van der Waals surface area contributed by atoms with Crippen molar-refractivity contribution in [2.75, 3.05) is 18.8 Å². The van der Waals surface area contributed by atoms with Gasteiger partial charge < -0.3 is 11.1 Å². The Bertz CT molecular complexity index is 468. The second-order valence-electron chi connectivity index (χ2n) is 5.33. The zero-order valence-electron chi connectivity index (χ0n) is 10.5. The molecule has 1 aromatic carbocycles. The topological polar surface area (TPSA) is 58.4 Å². The van der Waals surface area contributed by atoms with Gasteiger partial charge in [0.05, 0.1) is 6.54 Å². The molecule has 4 heteroatoms. The quantitative estimate of drug-likeness (QED) is 0.778. The standard InChI is InChI=1S/C14H19N3O/c15-12-2-1-10-5-6-17(8-11(10)7-12)9-14(18)16-13-3-4-13/h1-2,7,13H,3-6,8-9,15H2,(H,16,18). The number of carbonyl (C=O) groups excluding carboxylic acids is 1. The molecule has 0 bridgehead atoms. The molecule has 3 rings (SSSR count). The normalized spacial score (nSPS) is 19.3. The molecule has 1 fully saturated rings. The maximum Gasteiger partial charge on any atom is 0.234 e. The number of fused-ring (bicyclic) bond motifs is 1. The molecule has 1 aliphatic carbocycles. The van der Waals surface area contributed by atoms with E-state index >= 15 is 0 Å². The van der Waals surface area contributed by atoms with E-state index in [0.717, 1.165) is 38.0 Å². The molecule has 0 atom stereocenters. The molecule has 1 amide bonds. The monoisotopic (exact) mass is 245 g/mol. The van der Waals surface area contributed by atoms with E-state index in [9.17, 15) is 4.79 Å². The highest BCUT2D eigenvalue weighted by Gasteiger charge is 2.25. The fourth-order valence-corrected chi connectivity index (χ4v) is 2.47. The molecule has 0 unspecified atom stereocenters. The molecule has 1 aliphatic heterocycles. The van der Waals surface area contributed by atoms with Gasteiger partial charge in [0, 0.05) is 24.8 Å². The van der Waals surface area contributed by atoms with Crippen molar-refractivity contribution < 1.29 is 4.79 Å². The Hall–Kier alpha value is -1.55. The van der Waals surface area contributed by atoms with Crippen molar-refractivity contribution in [1.29, 1.82) is 0 Å². The van der Waals surface area contributed by atoms with Crippen LogP contribution in [0.2, 0.25) is 0 Å². The Morgan fingerprint density at radius 2 is 2.22 bits per heavy atom. The maximum atomic E-state index is 11.8. The van der Waals surface area contributed by atoms with E-state index in [2.05, 4.69) is 16.3 Å². The lowest BCUT2D eigenvalue weighted by atomic mass is 9.99. The Balaban J connectivity index is 1.61. The van der Waals surface area contributed by atoms with Crippen molar-refractivity contribution in [2.24, 2.45) is 0 Å². The maximum absolute atomic E-state index is 11.8. The van der Waals surface area contributed by atoms with E-state index in [1.54, 1.807) is 0 Å². The third-order valence-corrected chi connectivity index (χ3v) is 3.63. The van der Waals surface area contributed by atoms with E-state index in [4.69, 9.17) is 5.73 Å². The minimum atomic E-state index is 0.157. The first-order chi connectivity index (χ1) is 8.70. The number of nitrogens with zero attached hydrogens (tertiary/aromatic N) is 1. The minimum Gasteiger partial charge on any atom is -0.399 e. The lowest BCUT2D eigenvalue weighted by Gasteiger charge is -2.28. The van der Waals surface area contributed by atoms with E-state index in [0.29, 0.717) is 12.6 Å². The summed E-state index contributed by atoms with van der Waals surface area (Å²) in [6.07, 6.45) is 3.29. The van der Waals surface area contributed by atoms with Crippen LogP contribution in [0.15, 0.2) is 18.2 Å². The smallest absolute Gasteiger partial charge is 0.234 e. The van der Waals surface area contributed by atoms with Crippen molar-refractivity contribution in [3.8, 4) is 0 Å². The van der Waals surface area contributed by atoms with Crippen LogP contribution >= 0.6 is 0 Å². The summed E-state index contributed by atoms with van der Waals surface area (Å²) < 4.78 is 0. The highest BCUT2D eigenvalue weighted by atomic mass is 16.2. The Morgan fingerprint density at radius 1 is 1.39 bits per heavy atom. The van der Waals surface area contributed by atoms with Gasteiger partial charge in [-0.3, -0.25) is 9.69 Å². The second-order valence-corrected chi connectivity index (χ2v) is 5.33. The zero-order chi connectivity index (χ0) is 12.5. The molecule has 2 aliphatic rings. The van der Waals surface area contributed by atoms with Crippen molar-refractivity contribution in [2.45, 2.75) is 31.8 Å². The van der Waals surface area contributed by atoms with Crippen molar-refractivity contribution in [3.05, 3.63) is 29.3 Å². The number of nitrogens with two attached hydrogens (primary N) is 1. The Morgan fingerprint density at radius 3 is 3.00 bits per heavy atom. The average Bonchev–Trinajstić information content (AvgIpc) is 3.12. The van der Waals surface area contributed by atoms with E-state index in [1.165, 1.54) is 11.1 Å². The number of rotatable bonds is 3. The lowest BCUT2D eigenvalue weighted by Crippen LogP contribution is -2.40. The fourth-order valence-electron chi connectivity index (χ4n) is 2.47. The third-order valence-electron chi connectivity index (χ3n) is 3.63. The highest BCUT2D eigenvalue weighted by molar-refractivity contribution is 5.78. The van der Waals surface area contributed by atoms with E-state index < -0.39 is 0 Å². The first kappa shape index (κ1) is 11.5. The molecular formula is C14H19N3O. The molecule has 4 nitrogen and oxygen atoms in total. The van der Waals surface area contributed by atoms with Crippen LogP contribution in [-0.2, 0) is 17.8 Å². The molecule has 96 valence electrons. The van der Waals surface area contributed by atoms with Gasteiger partial charge in [-0.25, -0.2) is 0 Å². The van der Waals surface area contributed by atoms with Gasteiger partial charge in [0.2, 0.25) is 5.91 Å². The molecule has 0 spiro atoms. The molecule has 1 saturated carbocycles. The SMILES string of the molecule is Nc1ccc2c(c1)CN(CC(=O)NC1CC1)CC2. The minimum absolute atomic E-state index is 0.157. The van der Waals surface area contributed by atoms with Gasteiger partial charge in [-0.1, -0.05) is 6.07 Å². The van der Waals surface area contributed by atoms with Gasteiger partial charge in [0.15, 0.2) is 0 Å². The lowest BCUT2D eigenvalue weighted by molar-refractivity contribution is -0.122. The summed E-state index contributed by atoms with van der Waals surface area (Å²) in [5.74, 6) is 0.157. The van der Waals surface area contributed by atoms with Crippen molar-refractivity contribution in [1.82, 2.24) is 10.2 Å². The van der Waals surface area contributed by atoms with Crippen LogP contribution in [0, 0.1) is 0 Å². The molecule has 0 saturated heterocycles. The summed E-state index contributed by atoms with van der Waals surface area (Å²) in [7, 11) is 0. The van der Waals surface area contributed by atoms with Crippen LogP contribution < -0.4 is 11.1 Å². The third kappa shape index (κ3) is 2.64. The summed E-state index contributed by atoms with van der Waals surface area (Å²) in [5, 5.41) is 3.03. The number of anilines is 1. The summed E-state index contributed by atoms with van der Waals surface area (Å²) in [5.41, 5.74) is 9.24. The second kappa shape index (κ2) is 4.61. The molecule has 1 aromatic rings. The highest BCUT2D eigenvalue weighted by Crippen LogP contribution is 2.22. The summed E-state index contributed by atoms with van der Waals surface area (Å²) in [6.45, 7) is 2.29. The molecule has 1 heterocycles. The van der Waals surface area contributed by atoms with Gasteiger partial charge in [0.1, 0.15) is 0 Å². The fraction of sp³-hybridized carbons (Fsp3) is 0.500. The largest absolute Gasteiger partial charge is 0.399 e. The number of nitrogens with one attached hydrogen (secondary N) is 1. The Labute approximate surface area is 107 Å². The molecule has 18 heavy (non-hydrogen) atoms. The number of hydrogen-bond donors (Lipinski definition) is 2. The van der Waals surface area contributed by atoms with Crippen LogP contribution in [0.5, 0.6) is 0 Å². The van der Waals surface area contributed by atoms with Gasteiger partial charge in [-0.05, 0) is 42.5 Å². The van der Waals surface area contributed by atoms with E-state index in [-0.39, 0.29) is 5.91 Å². The summed E-state index contributed by atoms with van der Waals surface area (Å²) >= 11 is 0. The number of carbonyl (C=O) groups is 1. The number of benzene rings is 1. The van der Waals surface area contributed by atoms with Crippen LogP contribution in [-0.4, -0.2) is 29.9 Å². The van der Waals surface area contributed by atoms with Gasteiger partial charge in [0.25, 0.3) is 0 Å². The predicted octanol–water partition coefficient (Wildman–Crippen LogP) is 0.905. The molecule has 3 N–H and O–H groups in total. The number of amides is 1. The summed E-state index contributed by atoms with van der Waals surface area (Å²) in [6, 6.07) is 6.53. The number of hydrogen-bond acceptors (Lipinski definition) is 3. The van der Waals surface area contributed by atoms with Gasteiger partial charge in [-0.2, -0.15) is 0 Å². The molecule has 0 radical (unpaired) electrons. The van der Waals surface area contributed by atoms with Gasteiger partial charge in [-0.15, -0.1) is 0 Å². The van der Waals surface area contributed by atoms with Crippen molar-refractivity contribution in [3.63, 3.8) is 0 Å². The Kier molecular flexibility index (Phi) is 2.96. The average molecular weight is 245 g/mol. The molecular weight excluding hydrogens is 226 g/mol. The predicted molar refractivity (Wildman–Crippen MR) is 71.0 cm³/mol. The zero-order valence-corrected chi connectivity index (χ0v) is 10.5. The van der Waals surface area contributed by atoms with Crippen LogP contribution in [0.1, 0.15) is 24.0 Å². The summed E-state index contributed by atoms with van der Waals surface area (Å²) in [4.78, 5) is 14.0. The molecule has 0 aromatic heterocycles. The number of nitrogen functional groups attached to an aromatic ring is 1. The van der Waals surface area contributed by atoms with Crippen LogP contribution in [0.25, 0.3) is 0 Å². The first-order valence-corrected chi connectivity index (χ1v) is 6.60.